The van der Waals surface area contributed by atoms with Gasteiger partial charge in [-0.05, 0) is 43.5 Å². The van der Waals surface area contributed by atoms with Gasteiger partial charge in [0, 0.05) is 31.2 Å². The first kappa shape index (κ1) is 14.9. The van der Waals surface area contributed by atoms with E-state index in [2.05, 4.69) is 17.1 Å². The molecule has 1 aromatic carbocycles. The summed E-state index contributed by atoms with van der Waals surface area (Å²) in [5.41, 5.74) is 7.60. The highest BCUT2D eigenvalue weighted by Gasteiger charge is 2.27. The van der Waals surface area contributed by atoms with Crippen LogP contribution in [-0.4, -0.2) is 36.5 Å². The monoisotopic (exact) mass is 275 g/mol. The van der Waals surface area contributed by atoms with Crippen molar-refractivity contribution in [2.75, 3.05) is 25.4 Å². The van der Waals surface area contributed by atoms with Crippen molar-refractivity contribution in [3.63, 3.8) is 0 Å². The van der Waals surface area contributed by atoms with Crippen LogP contribution in [0.1, 0.15) is 31.7 Å². The second-order valence-corrected chi connectivity index (χ2v) is 5.45. The van der Waals surface area contributed by atoms with E-state index in [0.29, 0.717) is 6.42 Å². The fourth-order valence-electron chi connectivity index (χ4n) is 2.47. The van der Waals surface area contributed by atoms with Crippen molar-refractivity contribution >= 4 is 11.6 Å². The van der Waals surface area contributed by atoms with Crippen molar-refractivity contribution < 1.29 is 4.79 Å². The van der Waals surface area contributed by atoms with Crippen molar-refractivity contribution in [1.29, 1.82) is 0 Å². The van der Waals surface area contributed by atoms with Gasteiger partial charge in [0.25, 0.3) is 0 Å². The average Bonchev–Trinajstić information content (AvgIpc) is 3.26. The summed E-state index contributed by atoms with van der Waals surface area (Å²) in [6, 6.07) is 8.50. The van der Waals surface area contributed by atoms with Crippen LogP contribution in [0, 0.1) is 0 Å². The van der Waals surface area contributed by atoms with Crippen LogP contribution in [0.25, 0.3) is 0 Å². The van der Waals surface area contributed by atoms with Crippen molar-refractivity contribution in [1.82, 2.24) is 10.2 Å². The molecule has 2 rings (SSSR count). The summed E-state index contributed by atoms with van der Waals surface area (Å²) >= 11 is 0. The number of benzene rings is 1. The number of nitrogens with one attached hydrogen (secondary N) is 1. The number of nitrogens with two attached hydrogens (primary N) is 1. The Kier molecular flexibility index (Phi) is 5.41. The summed E-state index contributed by atoms with van der Waals surface area (Å²) in [5, 5.41) is 3.00. The van der Waals surface area contributed by atoms with E-state index in [1.54, 1.807) is 0 Å². The number of amides is 1. The molecule has 0 unspecified atom stereocenters. The Hall–Kier alpha value is -1.55. The lowest BCUT2D eigenvalue weighted by Crippen LogP contribution is -2.36. The molecule has 1 fully saturated rings. The lowest BCUT2D eigenvalue weighted by Gasteiger charge is -2.19. The molecule has 20 heavy (non-hydrogen) atoms. The SMILES string of the molecule is CCN(CCNC(=O)CCc1cccc(N)c1)C1CC1. The Morgan fingerprint density at radius 1 is 1.45 bits per heavy atom. The number of likely N-dealkylation sites (N-methyl/N-ethyl adjacent to an activating group) is 1. The minimum absolute atomic E-state index is 0.124. The molecule has 0 saturated heterocycles. The van der Waals surface area contributed by atoms with E-state index < -0.39 is 0 Å². The molecule has 1 aliphatic carbocycles. The Balaban J connectivity index is 1.62. The summed E-state index contributed by atoms with van der Waals surface area (Å²) < 4.78 is 0. The van der Waals surface area contributed by atoms with Crippen molar-refractivity contribution in [2.24, 2.45) is 0 Å². The van der Waals surface area contributed by atoms with Gasteiger partial charge in [0.15, 0.2) is 0 Å². The molecule has 1 amide bonds. The number of aryl methyl sites for hydroxylation is 1. The first-order valence-electron chi connectivity index (χ1n) is 7.54. The van der Waals surface area contributed by atoms with Gasteiger partial charge in [-0.25, -0.2) is 0 Å². The van der Waals surface area contributed by atoms with Crippen molar-refractivity contribution in [3.8, 4) is 0 Å². The Bertz CT molecular complexity index is 443. The smallest absolute Gasteiger partial charge is 0.220 e. The predicted molar refractivity (Wildman–Crippen MR) is 82.5 cm³/mol. The van der Waals surface area contributed by atoms with E-state index in [1.165, 1.54) is 12.8 Å². The first-order chi connectivity index (χ1) is 9.69. The minimum atomic E-state index is 0.124. The van der Waals surface area contributed by atoms with E-state index >= 15 is 0 Å². The summed E-state index contributed by atoms with van der Waals surface area (Å²) in [6.45, 7) is 4.97. The van der Waals surface area contributed by atoms with E-state index in [-0.39, 0.29) is 5.91 Å². The molecule has 0 aromatic heterocycles. The Labute approximate surface area is 121 Å². The van der Waals surface area contributed by atoms with E-state index in [1.807, 2.05) is 24.3 Å². The topological polar surface area (TPSA) is 58.4 Å². The molecule has 4 nitrogen and oxygen atoms in total. The molecule has 1 aliphatic rings. The molecular weight excluding hydrogens is 250 g/mol. The first-order valence-corrected chi connectivity index (χ1v) is 7.54. The summed E-state index contributed by atoms with van der Waals surface area (Å²) in [5.74, 6) is 0.124. The Morgan fingerprint density at radius 2 is 2.25 bits per heavy atom. The minimum Gasteiger partial charge on any atom is -0.399 e. The number of hydrogen-bond donors (Lipinski definition) is 2. The normalized spacial score (nSPS) is 14.5. The summed E-state index contributed by atoms with van der Waals surface area (Å²) in [7, 11) is 0. The van der Waals surface area contributed by atoms with Gasteiger partial charge in [-0.3, -0.25) is 9.69 Å². The molecular formula is C16H25N3O. The van der Waals surface area contributed by atoms with Crippen LogP contribution < -0.4 is 11.1 Å². The van der Waals surface area contributed by atoms with Crippen LogP contribution in [0.2, 0.25) is 0 Å². The lowest BCUT2D eigenvalue weighted by atomic mass is 10.1. The zero-order valence-electron chi connectivity index (χ0n) is 12.3. The number of nitrogen functional groups attached to an aromatic ring is 1. The summed E-state index contributed by atoms with van der Waals surface area (Å²) in [4.78, 5) is 14.2. The van der Waals surface area contributed by atoms with E-state index in [9.17, 15) is 4.79 Å². The third-order valence-corrected chi connectivity index (χ3v) is 3.78. The highest BCUT2D eigenvalue weighted by molar-refractivity contribution is 5.76. The highest BCUT2D eigenvalue weighted by Crippen LogP contribution is 2.25. The summed E-state index contributed by atoms with van der Waals surface area (Å²) in [6.07, 6.45) is 3.91. The molecule has 4 heteroatoms. The van der Waals surface area contributed by atoms with Gasteiger partial charge < -0.3 is 11.1 Å². The third-order valence-electron chi connectivity index (χ3n) is 3.78. The molecule has 110 valence electrons. The van der Waals surface area contributed by atoms with Crippen LogP contribution in [-0.2, 0) is 11.2 Å². The van der Waals surface area contributed by atoms with E-state index in [4.69, 9.17) is 5.73 Å². The van der Waals surface area contributed by atoms with Crippen molar-refractivity contribution in [2.45, 2.75) is 38.6 Å². The molecule has 1 aromatic rings. The number of nitrogens with zero attached hydrogens (tertiary/aromatic N) is 1. The maximum atomic E-state index is 11.8. The van der Waals surface area contributed by atoms with Gasteiger partial charge in [0.05, 0.1) is 0 Å². The highest BCUT2D eigenvalue weighted by atomic mass is 16.1. The number of carbonyl (C=O) groups excluding carboxylic acids is 1. The largest absolute Gasteiger partial charge is 0.399 e. The average molecular weight is 275 g/mol. The Morgan fingerprint density at radius 3 is 2.90 bits per heavy atom. The number of hydrogen-bond acceptors (Lipinski definition) is 3. The second-order valence-electron chi connectivity index (χ2n) is 5.45. The number of carbonyl (C=O) groups is 1. The molecule has 0 bridgehead atoms. The molecule has 0 atom stereocenters. The number of anilines is 1. The molecule has 0 radical (unpaired) electrons. The van der Waals surface area contributed by atoms with Gasteiger partial charge in [-0.15, -0.1) is 0 Å². The second kappa shape index (κ2) is 7.29. The van der Waals surface area contributed by atoms with Crippen LogP contribution in [0.15, 0.2) is 24.3 Å². The number of rotatable bonds is 8. The van der Waals surface area contributed by atoms with Crippen LogP contribution in [0.4, 0.5) is 5.69 Å². The maximum absolute atomic E-state index is 11.8. The molecule has 1 saturated carbocycles. The fourth-order valence-corrected chi connectivity index (χ4v) is 2.47. The zero-order valence-corrected chi connectivity index (χ0v) is 12.3. The zero-order chi connectivity index (χ0) is 14.4. The van der Waals surface area contributed by atoms with Gasteiger partial charge in [0.1, 0.15) is 0 Å². The molecule has 0 aliphatic heterocycles. The van der Waals surface area contributed by atoms with Crippen LogP contribution in [0.5, 0.6) is 0 Å². The molecule has 0 heterocycles. The fraction of sp³-hybridized carbons (Fsp3) is 0.562. The molecule has 0 spiro atoms. The van der Waals surface area contributed by atoms with Gasteiger partial charge in [-0.1, -0.05) is 19.1 Å². The maximum Gasteiger partial charge on any atom is 0.220 e. The quantitative estimate of drug-likeness (QED) is 0.711. The van der Waals surface area contributed by atoms with Crippen LogP contribution >= 0.6 is 0 Å². The molecule has 3 N–H and O–H groups in total. The van der Waals surface area contributed by atoms with Crippen LogP contribution in [0.3, 0.4) is 0 Å². The van der Waals surface area contributed by atoms with E-state index in [0.717, 1.165) is 43.3 Å². The van der Waals surface area contributed by atoms with Crippen molar-refractivity contribution in [3.05, 3.63) is 29.8 Å². The van der Waals surface area contributed by atoms with Gasteiger partial charge in [-0.2, -0.15) is 0 Å². The lowest BCUT2D eigenvalue weighted by molar-refractivity contribution is -0.121. The third kappa shape index (κ3) is 4.85. The predicted octanol–water partition coefficient (Wildman–Crippen LogP) is 1.80. The standard InChI is InChI=1S/C16H25N3O/c1-2-19(15-7-8-15)11-10-18-16(20)9-6-13-4-3-5-14(17)12-13/h3-5,12,15H,2,6-11,17H2,1H3,(H,18,20). The van der Waals surface area contributed by atoms with Gasteiger partial charge >= 0.3 is 0 Å². The van der Waals surface area contributed by atoms with Gasteiger partial charge in [0.2, 0.25) is 5.91 Å².